The molecule has 132 valence electrons. The summed E-state index contributed by atoms with van der Waals surface area (Å²) in [5.41, 5.74) is 7.00. The minimum atomic E-state index is -0.164. The lowest BCUT2D eigenvalue weighted by Gasteiger charge is -2.31. The summed E-state index contributed by atoms with van der Waals surface area (Å²) in [5.74, 6) is 0.0695. The Morgan fingerprint density at radius 2 is 1.96 bits per heavy atom. The zero-order valence-electron chi connectivity index (χ0n) is 14.0. The van der Waals surface area contributed by atoms with Crippen LogP contribution in [0.25, 0.3) is 0 Å². The van der Waals surface area contributed by atoms with Crippen molar-refractivity contribution in [2.24, 2.45) is 11.7 Å². The Balaban J connectivity index is 1.66. The highest BCUT2D eigenvalue weighted by Gasteiger charge is 2.25. The summed E-state index contributed by atoms with van der Waals surface area (Å²) < 4.78 is 0. The van der Waals surface area contributed by atoms with Crippen LogP contribution in [0.3, 0.4) is 0 Å². The summed E-state index contributed by atoms with van der Waals surface area (Å²) in [5, 5.41) is 7.81. The molecule has 0 radical (unpaired) electrons. The molecule has 0 bridgehead atoms. The largest absolute Gasteiger partial charge is 0.349 e. The van der Waals surface area contributed by atoms with Crippen molar-refractivity contribution in [3.8, 4) is 0 Å². The van der Waals surface area contributed by atoms with Gasteiger partial charge in [-0.25, -0.2) is 0 Å². The molecule has 0 aliphatic heterocycles. The highest BCUT2D eigenvalue weighted by Crippen LogP contribution is 2.24. The van der Waals surface area contributed by atoms with Gasteiger partial charge in [-0.3, -0.25) is 9.59 Å². The molecule has 1 aliphatic carbocycles. The second kappa shape index (κ2) is 8.27. The first-order chi connectivity index (χ1) is 12.2. The minimum Gasteiger partial charge on any atom is -0.349 e. The number of carbonyl (C=O) groups excluding carboxylic acids is 2. The van der Waals surface area contributed by atoms with Crippen molar-refractivity contribution in [2.45, 2.75) is 31.7 Å². The van der Waals surface area contributed by atoms with E-state index in [4.69, 9.17) is 5.73 Å². The van der Waals surface area contributed by atoms with Gasteiger partial charge in [-0.2, -0.15) is 0 Å². The van der Waals surface area contributed by atoms with E-state index in [1.54, 1.807) is 30.3 Å². The second-order valence-corrected chi connectivity index (χ2v) is 7.32. The number of thiophene rings is 1. The number of hydrogen-bond donors (Lipinski definition) is 3. The number of hydrogen-bond acceptors (Lipinski definition) is 4. The maximum absolute atomic E-state index is 12.6. The lowest BCUT2D eigenvalue weighted by Crippen LogP contribution is -2.44. The fourth-order valence-electron chi connectivity index (χ4n) is 3.27. The van der Waals surface area contributed by atoms with Crippen molar-refractivity contribution in [2.75, 3.05) is 11.9 Å². The van der Waals surface area contributed by atoms with Gasteiger partial charge >= 0.3 is 0 Å². The van der Waals surface area contributed by atoms with Gasteiger partial charge in [-0.05, 0) is 54.9 Å². The second-order valence-electron chi connectivity index (χ2n) is 6.37. The zero-order valence-corrected chi connectivity index (χ0v) is 14.9. The van der Waals surface area contributed by atoms with Gasteiger partial charge in [0.2, 0.25) is 0 Å². The van der Waals surface area contributed by atoms with Crippen LogP contribution in [0.5, 0.6) is 0 Å². The first-order valence-electron chi connectivity index (χ1n) is 8.63. The zero-order chi connectivity index (χ0) is 17.6. The Morgan fingerprint density at radius 1 is 1.12 bits per heavy atom. The Hall–Kier alpha value is -2.18. The van der Waals surface area contributed by atoms with Gasteiger partial charge in [0.1, 0.15) is 0 Å². The van der Waals surface area contributed by atoms with Gasteiger partial charge in [0.05, 0.1) is 4.88 Å². The highest BCUT2D eigenvalue weighted by atomic mass is 32.1. The lowest BCUT2D eigenvalue weighted by atomic mass is 9.84. The van der Waals surface area contributed by atoms with Crippen molar-refractivity contribution < 1.29 is 9.59 Å². The van der Waals surface area contributed by atoms with Gasteiger partial charge < -0.3 is 16.4 Å². The number of nitrogens with one attached hydrogen (secondary N) is 2. The Labute approximate surface area is 151 Å². The summed E-state index contributed by atoms with van der Waals surface area (Å²) in [6, 6.07) is 10.8. The fourth-order valence-corrected chi connectivity index (χ4v) is 3.89. The molecule has 0 spiro atoms. The SMILES string of the molecule is NCC1CCCCC1NC(=O)c1cccc(NC(=O)c2cccs2)c1. The van der Waals surface area contributed by atoms with Crippen molar-refractivity contribution >= 4 is 28.8 Å². The van der Waals surface area contributed by atoms with E-state index in [9.17, 15) is 9.59 Å². The molecule has 3 rings (SSSR count). The molecular weight excluding hydrogens is 334 g/mol. The molecule has 6 heteroatoms. The molecule has 2 unspecified atom stereocenters. The van der Waals surface area contributed by atoms with E-state index >= 15 is 0 Å². The summed E-state index contributed by atoms with van der Waals surface area (Å²) in [6.07, 6.45) is 4.34. The van der Waals surface area contributed by atoms with Crippen molar-refractivity contribution in [1.82, 2.24) is 5.32 Å². The van der Waals surface area contributed by atoms with Crippen molar-refractivity contribution in [3.05, 3.63) is 52.2 Å². The normalized spacial score (nSPS) is 20.0. The number of nitrogens with two attached hydrogens (primary N) is 1. The Morgan fingerprint density at radius 3 is 2.72 bits per heavy atom. The monoisotopic (exact) mass is 357 g/mol. The van der Waals surface area contributed by atoms with Gasteiger partial charge in [0.15, 0.2) is 0 Å². The summed E-state index contributed by atoms with van der Waals surface area (Å²) >= 11 is 1.38. The van der Waals surface area contributed by atoms with E-state index in [1.165, 1.54) is 17.8 Å². The molecule has 1 aromatic heterocycles. The predicted octanol–water partition coefficient (Wildman–Crippen LogP) is 3.25. The first kappa shape index (κ1) is 17.6. The predicted molar refractivity (Wildman–Crippen MR) is 101 cm³/mol. The van der Waals surface area contributed by atoms with Crippen LogP contribution in [0.1, 0.15) is 45.7 Å². The molecule has 5 nitrogen and oxygen atoms in total. The molecule has 1 heterocycles. The van der Waals surface area contributed by atoms with Crippen LogP contribution in [0, 0.1) is 5.92 Å². The molecule has 2 atom stereocenters. The average Bonchev–Trinajstić information content (AvgIpc) is 3.17. The van der Waals surface area contributed by atoms with E-state index in [2.05, 4.69) is 10.6 Å². The minimum absolute atomic E-state index is 0.113. The molecule has 1 saturated carbocycles. The Kier molecular flexibility index (Phi) is 5.83. The van der Waals surface area contributed by atoms with E-state index < -0.39 is 0 Å². The van der Waals surface area contributed by atoms with Gasteiger partial charge in [0, 0.05) is 17.3 Å². The van der Waals surface area contributed by atoms with Gasteiger partial charge in [-0.15, -0.1) is 11.3 Å². The third-order valence-corrected chi connectivity index (χ3v) is 5.52. The summed E-state index contributed by atoms with van der Waals surface area (Å²) in [6.45, 7) is 0.599. The average molecular weight is 357 g/mol. The van der Waals surface area contributed by atoms with Gasteiger partial charge in [0.25, 0.3) is 11.8 Å². The fraction of sp³-hybridized carbons (Fsp3) is 0.368. The summed E-state index contributed by atoms with van der Waals surface area (Å²) in [4.78, 5) is 25.4. The van der Waals surface area contributed by atoms with Crippen LogP contribution in [-0.2, 0) is 0 Å². The molecule has 1 aromatic carbocycles. The molecule has 4 N–H and O–H groups in total. The van der Waals surface area contributed by atoms with Crippen LogP contribution in [0.4, 0.5) is 5.69 Å². The maximum atomic E-state index is 12.6. The molecule has 1 fully saturated rings. The Bertz CT molecular complexity index is 730. The third kappa shape index (κ3) is 4.46. The van der Waals surface area contributed by atoms with Crippen LogP contribution < -0.4 is 16.4 Å². The van der Waals surface area contributed by atoms with E-state index in [1.807, 2.05) is 11.4 Å². The maximum Gasteiger partial charge on any atom is 0.265 e. The van der Waals surface area contributed by atoms with Crippen molar-refractivity contribution in [3.63, 3.8) is 0 Å². The number of amides is 2. The lowest BCUT2D eigenvalue weighted by molar-refractivity contribution is 0.0907. The smallest absolute Gasteiger partial charge is 0.265 e. The molecular formula is C19H23N3O2S. The molecule has 2 amide bonds. The van der Waals surface area contributed by atoms with E-state index in [0.717, 1.165) is 19.3 Å². The van der Waals surface area contributed by atoms with E-state index in [-0.39, 0.29) is 17.9 Å². The quantitative estimate of drug-likeness (QED) is 0.768. The topological polar surface area (TPSA) is 84.2 Å². The number of rotatable bonds is 5. The van der Waals surface area contributed by atoms with Crippen LogP contribution >= 0.6 is 11.3 Å². The molecule has 0 saturated heterocycles. The third-order valence-electron chi connectivity index (χ3n) is 4.66. The van der Waals surface area contributed by atoms with Crippen molar-refractivity contribution in [1.29, 1.82) is 0 Å². The molecule has 2 aromatic rings. The summed E-state index contributed by atoms with van der Waals surface area (Å²) in [7, 11) is 0. The first-order valence-corrected chi connectivity index (χ1v) is 9.51. The van der Waals surface area contributed by atoms with Gasteiger partial charge in [-0.1, -0.05) is 25.0 Å². The number of carbonyl (C=O) groups is 2. The number of anilines is 1. The molecule has 25 heavy (non-hydrogen) atoms. The molecule has 1 aliphatic rings. The highest BCUT2D eigenvalue weighted by molar-refractivity contribution is 7.12. The standard InChI is InChI=1S/C19H23N3O2S/c20-12-14-5-1-2-8-16(14)22-18(23)13-6-3-7-15(11-13)21-19(24)17-9-4-10-25-17/h3-4,6-7,9-11,14,16H,1-2,5,8,12,20H2,(H,21,24)(H,22,23). The van der Waals surface area contributed by atoms with E-state index in [0.29, 0.717) is 28.6 Å². The van der Waals surface area contributed by atoms with Crippen LogP contribution in [0.2, 0.25) is 0 Å². The number of benzene rings is 1. The van der Waals surface area contributed by atoms with Crippen LogP contribution in [-0.4, -0.2) is 24.4 Å². The van der Waals surface area contributed by atoms with Crippen LogP contribution in [0.15, 0.2) is 41.8 Å².